The maximum absolute atomic E-state index is 13.7. The summed E-state index contributed by atoms with van der Waals surface area (Å²) in [5.41, 5.74) is -10.5. The molecular weight excluding hydrogens is 577 g/mol. The van der Waals surface area contributed by atoms with Crippen molar-refractivity contribution in [2.75, 3.05) is 18.6 Å². The number of nitrogens with zero attached hydrogens (tertiary/aromatic N) is 1. The van der Waals surface area contributed by atoms with E-state index in [0.29, 0.717) is 19.2 Å². The molecule has 1 N–H and O–H groups in total. The first-order valence-electron chi connectivity index (χ1n) is 12.1. The zero-order valence-electron chi connectivity index (χ0n) is 21.7. The number of rotatable bonds is 5. The molecule has 0 aromatic heterocycles. The number of anilines is 1. The van der Waals surface area contributed by atoms with E-state index in [9.17, 15) is 54.2 Å². The quantitative estimate of drug-likeness (QED) is 0.294. The van der Waals surface area contributed by atoms with E-state index in [-0.39, 0.29) is 36.9 Å². The fraction of sp³-hybridized carbons (Fsp3) is 0.462. The van der Waals surface area contributed by atoms with Gasteiger partial charge in [0.2, 0.25) is 0 Å². The topological polar surface area (TPSA) is 76.1 Å². The molecule has 0 bridgehead atoms. The predicted molar refractivity (Wildman–Crippen MR) is 125 cm³/mol. The monoisotopic (exact) mass is 601 g/mol. The van der Waals surface area contributed by atoms with Gasteiger partial charge in [0.1, 0.15) is 0 Å². The number of amides is 1. The van der Waals surface area contributed by atoms with Crippen LogP contribution in [0.4, 0.5) is 50.0 Å². The highest BCUT2D eigenvalue weighted by Crippen LogP contribution is 2.52. The molecule has 3 rings (SSSR count). The highest BCUT2D eigenvalue weighted by molar-refractivity contribution is 5.92. The van der Waals surface area contributed by atoms with Gasteiger partial charge in [0.05, 0.1) is 36.1 Å². The normalized spacial score (nSPS) is 19.3. The lowest BCUT2D eigenvalue weighted by atomic mass is 9.70. The standard InChI is InChI=1S/C26H24F9NO5/c1-4-17-12-19(18-11-13(24(27,28)29)6-7-20(18)36(17)22(38)41-5-2)23(39,21(37)40-3)14-8-15(25(30,31)32)10-16(9-14)26(33,34)35/h6-11,17,19,39H,4-5,12H2,1-3H3. The maximum atomic E-state index is 13.7. The maximum Gasteiger partial charge on any atom is 0.416 e. The van der Waals surface area contributed by atoms with Crippen LogP contribution in [-0.2, 0) is 38.4 Å². The van der Waals surface area contributed by atoms with Crippen molar-refractivity contribution in [1.29, 1.82) is 0 Å². The van der Waals surface area contributed by atoms with Gasteiger partial charge in [-0.1, -0.05) is 6.92 Å². The van der Waals surface area contributed by atoms with Gasteiger partial charge in [0.15, 0.2) is 5.60 Å². The van der Waals surface area contributed by atoms with Crippen molar-refractivity contribution in [3.63, 3.8) is 0 Å². The Labute approximate surface area is 227 Å². The van der Waals surface area contributed by atoms with E-state index in [4.69, 9.17) is 4.74 Å². The van der Waals surface area contributed by atoms with Gasteiger partial charge < -0.3 is 14.6 Å². The first kappa shape index (κ1) is 32.0. The van der Waals surface area contributed by atoms with Gasteiger partial charge in [-0.2, -0.15) is 39.5 Å². The number of benzene rings is 2. The number of esters is 1. The van der Waals surface area contributed by atoms with E-state index in [2.05, 4.69) is 4.74 Å². The Kier molecular flexibility index (Phi) is 8.64. The second kappa shape index (κ2) is 11.1. The lowest BCUT2D eigenvalue weighted by Crippen LogP contribution is -2.51. The first-order valence-corrected chi connectivity index (χ1v) is 12.1. The van der Waals surface area contributed by atoms with Crippen molar-refractivity contribution in [2.45, 2.75) is 62.8 Å². The lowest BCUT2D eigenvalue weighted by molar-refractivity contribution is -0.168. The minimum absolute atomic E-state index is 0.0451. The third kappa shape index (κ3) is 6.09. The average Bonchev–Trinajstić information content (AvgIpc) is 2.89. The fourth-order valence-electron chi connectivity index (χ4n) is 4.91. The minimum atomic E-state index is -5.37. The number of fused-ring (bicyclic) bond motifs is 1. The number of ether oxygens (including phenoxy) is 2. The Morgan fingerprint density at radius 3 is 1.80 bits per heavy atom. The smallest absolute Gasteiger partial charge is 0.416 e. The molecule has 226 valence electrons. The molecule has 0 radical (unpaired) electrons. The number of alkyl halides is 9. The fourth-order valence-corrected chi connectivity index (χ4v) is 4.91. The van der Waals surface area contributed by atoms with Crippen molar-refractivity contribution >= 4 is 17.7 Å². The van der Waals surface area contributed by atoms with E-state index >= 15 is 0 Å². The molecule has 1 heterocycles. The van der Waals surface area contributed by atoms with E-state index in [1.807, 2.05) is 0 Å². The summed E-state index contributed by atoms with van der Waals surface area (Å²) in [6.45, 7) is 2.86. The largest absolute Gasteiger partial charge is 0.467 e. The van der Waals surface area contributed by atoms with Crippen molar-refractivity contribution in [3.8, 4) is 0 Å². The first-order chi connectivity index (χ1) is 18.8. The summed E-state index contributed by atoms with van der Waals surface area (Å²) in [4.78, 5) is 26.9. The van der Waals surface area contributed by atoms with Gasteiger partial charge in [0.25, 0.3) is 0 Å². The van der Waals surface area contributed by atoms with Crippen LogP contribution in [0.15, 0.2) is 36.4 Å². The van der Waals surface area contributed by atoms with Gasteiger partial charge in [-0.15, -0.1) is 0 Å². The summed E-state index contributed by atoms with van der Waals surface area (Å²) in [5, 5.41) is 11.8. The molecule has 3 atom stereocenters. The number of hydrogen-bond donors (Lipinski definition) is 1. The van der Waals surface area contributed by atoms with Crippen LogP contribution in [0.1, 0.15) is 60.4 Å². The number of carbonyl (C=O) groups is 2. The molecule has 15 heteroatoms. The van der Waals surface area contributed by atoms with Crippen LogP contribution in [0, 0.1) is 0 Å². The van der Waals surface area contributed by atoms with Crippen LogP contribution >= 0.6 is 0 Å². The van der Waals surface area contributed by atoms with E-state index in [1.54, 1.807) is 0 Å². The van der Waals surface area contributed by atoms with E-state index < -0.39 is 82.4 Å². The van der Waals surface area contributed by atoms with Crippen molar-refractivity contribution in [3.05, 3.63) is 64.2 Å². The van der Waals surface area contributed by atoms with Crippen LogP contribution in [0.3, 0.4) is 0 Å². The van der Waals surface area contributed by atoms with Crippen molar-refractivity contribution in [2.24, 2.45) is 0 Å². The third-order valence-electron chi connectivity index (χ3n) is 6.83. The van der Waals surface area contributed by atoms with E-state index in [1.165, 1.54) is 13.8 Å². The molecule has 6 nitrogen and oxygen atoms in total. The van der Waals surface area contributed by atoms with Gasteiger partial charge in [-0.25, -0.2) is 9.59 Å². The summed E-state index contributed by atoms with van der Waals surface area (Å²) in [6, 6.07) is 0.917. The second-order valence-corrected chi connectivity index (χ2v) is 9.24. The molecule has 2 aromatic rings. The predicted octanol–water partition coefficient (Wildman–Crippen LogP) is 7.03. The SMILES string of the molecule is CCOC(=O)N1c2ccc(C(F)(F)F)cc2C(C(O)(C(=O)OC)c2cc(C(F)(F)F)cc(C(F)(F)F)c2)CC1CC. The van der Waals surface area contributed by atoms with Gasteiger partial charge in [-0.3, -0.25) is 4.90 Å². The Bertz CT molecular complexity index is 1270. The number of carbonyl (C=O) groups excluding carboxylic acids is 2. The number of halogens is 9. The molecule has 1 aliphatic rings. The molecule has 2 aromatic carbocycles. The van der Waals surface area contributed by atoms with Crippen LogP contribution in [0.25, 0.3) is 0 Å². The zero-order valence-corrected chi connectivity index (χ0v) is 21.7. The summed E-state index contributed by atoms with van der Waals surface area (Å²) < 4.78 is 133. The summed E-state index contributed by atoms with van der Waals surface area (Å²) in [7, 11) is 0.698. The average molecular weight is 601 g/mol. The van der Waals surface area contributed by atoms with Crippen LogP contribution in [-0.4, -0.2) is 36.9 Å². The summed E-state index contributed by atoms with van der Waals surface area (Å²) in [5.74, 6) is -3.62. The number of methoxy groups -OCH3 is 1. The Morgan fingerprint density at radius 1 is 0.854 bits per heavy atom. The molecular formula is C26H24F9NO5. The van der Waals surface area contributed by atoms with Crippen LogP contribution in [0.2, 0.25) is 0 Å². The van der Waals surface area contributed by atoms with Gasteiger partial charge in [-0.05, 0) is 67.3 Å². The number of aliphatic hydroxyl groups is 1. The van der Waals surface area contributed by atoms with Crippen LogP contribution < -0.4 is 4.90 Å². The van der Waals surface area contributed by atoms with Gasteiger partial charge in [0, 0.05) is 12.0 Å². The second-order valence-electron chi connectivity index (χ2n) is 9.24. The van der Waals surface area contributed by atoms with E-state index in [0.717, 1.165) is 11.0 Å². The van der Waals surface area contributed by atoms with Crippen molar-refractivity contribution < 1.29 is 63.7 Å². The Morgan fingerprint density at radius 2 is 1.37 bits per heavy atom. The molecule has 3 unspecified atom stereocenters. The molecule has 0 saturated heterocycles. The molecule has 0 spiro atoms. The molecule has 1 amide bonds. The highest BCUT2D eigenvalue weighted by Gasteiger charge is 2.54. The van der Waals surface area contributed by atoms with Crippen LogP contribution in [0.5, 0.6) is 0 Å². The molecule has 1 aliphatic heterocycles. The molecule has 0 aliphatic carbocycles. The van der Waals surface area contributed by atoms with Gasteiger partial charge >= 0.3 is 30.6 Å². The zero-order chi connectivity index (χ0) is 31.1. The number of hydrogen-bond acceptors (Lipinski definition) is 5. The Hall–Kier alpha value is -3.49. The Balaban J connectivity index is 2.43. The molecule has 0 fully saturated rings. The third-order valence-corrected chi connectivity index (χ3v) is 6.83. The summed E-state index contributed by atoms with van der Waals surface area (Å²) >= 11 is 0. The highest BCUT2D eigenvalue weighted by atomic mass is 19.4. The molecule has 0 saturated carbocycles. The van der Waals surface area contributed by atoms with Crippen molar-refractivity contribution in [1.82, 2.24) is 0 Å². The molecule has 41 heavy (non-hydrogen) atoms. The minimum Gasteiger partial charge on any atom is -0.467 e. The summed E-state index contributed by atoms with van der Waals surface area (Å²) in [6.07, 6.45) is -17.2. The lowest BCUT2D eigenvalue weighted by Gasteiger charge is -2.45.